The number of amides is 1. The van der Waals surface area contributed by atoms with Crippen LogP contribution in [0.1, 0.15) is 33.4 Å². The number of carbonyl (C=O) groups excluding carboxylic acids is 1. The van der Waals surface area contributed by atoms with Crippen LogP contribution in [0.5, 0.6) is 0 Å². The van der Waals surface area contributed by atoms with Crippen molar-refractivity contribution < 1.29 is 13.9 Å². The molecule has 154 valence electrons. The monoisotopic (exact) mass is 391 g/mol. The SMILES string of the molecule is CN/C=C(\N/C=C(\C)F)c1cccc(N2CCN(C(=O)OC(C)(C)C)CC2)n1. The van der Waals surface area contributed by atoms with Crippen LogP contribution in [-0.4, -0.2) is 54.8 Å². The fourth-order valence-corrected chi connectivity index (χ4v) is 2.71. The highest BCUT2D eigenvalue weighted by Crippen LogP contribution is 2.19. The van der Waals surface area contributed by atoms with Crippen LogP contribution in [0.2, 0.25) is 0 Å². The first-order valence-electron chi connectivity index (χ1n) is 9.36. The van der Waals surface area contributed by atoms with Crippen molar-refractivity contribution in [2.45, 2.75) is 33.3 Å². The Morgan fingerprint density at radius 1 is 1.21 bits per heavy atom. The number of nitrogens with one attached hydrogen (secondary N) is 2. The molecule has 1 aliphatic heterocycles. The van der Waals surface area contributed by atoms with E-state index < -0.39 is 5.60 Å². The molecule has 0 aromatic carbocycles. The number of aromatic nitrogens is 1. The predicted octanol–water partition coefficient (Wildman–Crippen LogP) is 3.08. The summed E-state index contributed by atoms with van der Waals surface area (Å²) in [7, 11) is 1.77. The summed E-state index contributed by atoms with van der Waals surface area (Å²) in [6.45, 7) is 9.43. The van der Waals surface area contributed by atoms with Gasteiger partial charge < -0.3 is 25.2 Å². The summed E-state index contributed by atoms with van der Waals surface area (Å²) in [5.74, 6) is 0.488. The third kappa shape index (κ3) is 6.44. The molecule has 28 heavy (non-hydrogen) atoms. The highest BCUT2D eigenvalue weighted by molar-refractivity contribution is 5.68. The summed E-state index contributed by atoms with van der Waals surface area (Å²) in [6.07, 6.45) is 2.73. The third-order valence-corrected chi connectivity index (χ3v) is 3.98. The maximum atomic E-state index is 13.1. The normalized spacial score (nSPS) is 16.1. The van der Waals surface area contributed by atoms with Gasteiger partial charge in [-0.05, 0) is 39.8 Å². The first-order valence-corrected chi connectivity index (χ1v) is 9.36. The lowest BCUT2D eigenvalue weighted by atomic mass is 10.2. The number of nitrogens with zero attached hydrogens (tertiary/aromatic N) is 3. The number of anilines is 1. The van der Waals surface area contributed by atoms with Crippen LogP contribution >= 0.6 is 0 Å². The summed E-state index contributed by atoms with van der Waals surface area (Å²) in [4.78, 5) is 20.7. The number of hydrogen-bond acceptors (Lipinski definition) is 6. The van der Waals surface area contributed by atoms with E-state index in [2.05, 4.69) is 15.5 Å². The summed E-state index contributed by atoms with van der Waals surface area (Å²) >= 11 is 0. The van der Waals surface area contributed by atoms with Crippen molar-refractivity contribution in [3.05, 3.63) is 42.1 Å². The summed E-state index contributed by atoms with van der Waals surface area (Å²) in [5.41, 5.74) is 0.854. The van der Waals surface area contributed by atoms with Crippen LogP contribution < -0.4 is 15.5 Å². The Kier molecular flexibility index (Phi) is 7.25. The lowest BCUT2D eigenvalue weighted by Gasteiger charge is -2.36. The second-order valence-electron chi connectivity index (χ2n) is 7.56. The van der Waals surface area contributed by atoms with E-state index in [0.717, 1.165) is 5.82 Å². The Morgan fingerprint density at radius 3 is 2.46 bits per heavy atom. The fourth-order valence-electron chi connectivity index (χ4n) is 2.71. The minimum absolute atomic E-state index is 0.286. The maximum absolute atomic E-state index is 13.1. The van der Waals surface area contributed by atoms with E-state index in [1.807, 2.05) is 39.0 Å². The van der Waals surface area contributed by atoms with Gasteiger partial charge in [-0.25, -0.2) is 14.2 Å². The minimum Gasteiger partial charge on any atom is -0.444 e. The first kappa shape index (κ1) is 21.5. The second kappa shape index (κ2) is 9.43. The van der Waals surface area contributed by atoms with Gasteiger partial charge in [0.15, 0.2) is 0 Å². The van der Waals surface area contributed by atoms with Crippen LogP contribution in [0.3, 0.4) is 0 Å². The van der Waals surface area contributed by atoms with Gasteiger partial charge in [0.1, 0.15) is 17.2 Å². The molecule has 1 fully saturated rings. The lowest BCUT2D eigenvalue weighted by molar-refractivity contribution is 0.0240. The molecule has 7 nitrogen and oxygen atoms in total. The van der Waals surface area contributed by atoms with Crippen molar-refractivity contribution in [1.82, 2.24) is 20.5 Å². The molecule has 1 saturated heterocycles. The number of piperazine rings is 1. The highest BCUT2D eigenvalue weighted by Gasteiger charge is 2.26. The van der Waals surface area contributed by atoms with E-state index in [1.165, 1.54) is 13.1 Å². The zero-order chi connectivity index (χ0) is 20.7. The number of pyridine rings is 1. The molecule has 8 heteroatoms. The van der Waals surface area contributed by atoms with E-state index >= 15 is 0 Å². The minimum atomic E-state index is -0.500. The molecular formula is C20H30FN5O2. The molecule has 2 rings (SSSR count). The number of hydrogen-bond donors (Lipinski definition) is 2. The number of carbonyl (C=O) groups is 1. The quantitative estimate of drug-likeness (QED) is 0.804. The molecule has 0 saturated carbocycles. The van der Waals surface area contributed by atoms with Gasteiger partial charge in [0.05, 0.1) is 11.4 Å². The Hall–Kier alpha value is -2.77. The molecule has 1 aliphatic rings. The molecule has 1 amide bonds. The summed E-state index contributed by atoms with van der Waals surface area (Å²) < 4.78 is 18.5. The molecule has 0 spiro atoms. The van der Waals surface area contributed by atoms with Crippen molar-refractivity contribution in [2.75, 3.05) is 38.1 Å². The Balaban J connectivity index is 2.06. The van der Waals surface area contributed by atoms with Gasteiger partial charge in [0.25, 0.3) is 0 Å². The van der Waals surface area contributed by atoms with Gasteiger partial charge in [0.2, 0.25) is 0 Å². The van der Waals surface area contributed by atoms with Gasteiger partial charge >= 0.3 is 6.09 Å². The van der Waals surface area contributed by atoms with Crippen LogP contribution in [0.4, 0.5) is 15.0 Å². The zero-order valence-corrected chi connectivity index (χ0v) is 17.3. The standard InChI is InChI=1S/C20H30FN5O2/c1-15(21)13-23-17(14-22-5)16-7-6-8-18(24-16)25-9-11-26(12-10-25)19(27)28-20(2,3)4/h6-8,13-14,22-23H,9-12H2,1-5H3/b15-13+,17-14-. The van der Waals surface area contributed by atoms with Crippen LogP contribution in [0, 0.1) is 0 Å². The van der Waals surface area contributed by atoms with Gasteiger partial charge in [-0.1, -0.05) is 6.07 Å². The molecule has 0 atom stereocenters. The number of allylic oxidation sites excluding steroid dienone is 1. The van der Waals surface area contributed by atoms with Gasteiger partial charge in [-0.15, -0.1) is 0 Å². The molecule has 0 radical (unpaired) electrons. The molecule has 1 aromatic heterocycles. The van der Waals surface area contributed by atoms with Crippen molar-refractivity contribution in [3.8, 4) is 0 Å². The Labute approximate surface area is 166 Å². The number of rotatable bonds is 5. The van der Waals surface area contributed by atoms with E-state index in [0.29, 0.717) is 37.6 Å². The first-order chi connectivity index (χ1) is 13.2. The zero-order valence-electron chi connectivity index (χ0n) is 17.3. The smallest absolute Gasteiger partial charge is 0.410 e. The third-order valence-electron chi connectivity index (χ3n) is 3.98. The van der Waals surface area contributed by atoms with Crippen molar-refractivity contribution >= 4 is 17.6 Å². The van der Waals surface area contributed by atoms with Gasteiger partial charge in [0, 0.05) is 45.6 Å². The van der Waals surface area contributed by atoms with Crippen LogP contribution in [-0.2, 0) is 4.74 Å². The predicted molar refractivity (Wildman–Crippen MR) is 109 cm³/mol. The second-order valence-corrected chi connectivity index (χ2v) is 7.56. The van der Waals surface area contributed by atoms with E-state index in [-0.39, 0.29) is 11.9 Å². The van der Waals surface area contributed by atoms with E-state index in [1.54, 1.807) is 18.1 Å². The average Bonchev–Trinajstić information content (AvgIpc) is 2.64. The molecule has 2 N–H and O–H groups in total. The average molecular weight is 391 g/mol. The fraction of sp³-hybridized carbons (Fsp3) is 0.500. The van der Waals surface area contributed by atoms with Gasteiger partial charge in [-0.2, -0.15) is 0 Å². The van der Waals surface area contributed by atoms with Crippen molar-refractivity contribution in [3.63, 3.8) is 0 Å². The Bertz CT molecular complexity index is 730. The van der Waals surface area contributed by atoms with E-state index in [9.17, 15) is 9.18 Å². The van der Waals surface area contributed by atoms with Crippen LogP contribution in [0.25, 0.3) is 5.70 Å². The molecular weight excluding hydrogens is 361 g/mol. The topological polar surface area (TPSA) is 69.7 Å². The highest BCUT2D eigenvalue weighted by atomic mass is 19.1. The molecule has 0 unspecified atom stereocenters. The molecule has 0 aliphatic carbocycles. The Morgan fingerprint density at radius 2 is 1.89 bits per heavy atom. The van der Waals surface area contributed by atoms with Crippen molar-refractivity contribution in [1.29, 1.82) is 0 Å². The lowest BCUT2D eigenvalue weighted by Crippen LogP contribution is -2.50. The van der Waals surface area contributed by atoms with Gasteiger partial charge in [-0.3, -0.25) is 0 Å². The largest absolute Gasteiger partial charge is 0.444 e. The maximum Gasteiger partial charge on any atom is 0.410 e. The number of halogens is 1. The van der Waals surface area contributed by atoms with E-state index in [4.69, 9.17) is 9.72 Å². The molecule has 2 heterocycles. The van der Waals surface area contributed by atoms with Crippen LogP contribution in [0.15, 0.2) is 36.4 Å². The summed E-state index contributed by atoms with van der Waals surface area (Å²) in [6, 6.07) is 5.70. The molecule has 1 aromatic rings. The van der Waals surface area contributed by atoms with Crippen molar-refractivity contribution in [2.24, 2.45) is 0 Å². The number of ether oxygens (including phenoxy) is 1. The summed E-state index contributed by atoms with van der Waals surface area (Å²) in [5, 5.41) is 5.86. The molecule has 0 bridgehead atoms.